The van der Waals surface area contributed by atoms with E-state index >= 15 is 0 Å². The van der Waals surface area contributed by atoms with Gasteiger partial charge in [-0.3, -0.25) is 0 Å². The summed E-state index contributed by atoms with van der Waals surface area (Å²) in [5.74, 6) is 1.37. The molecule has 0 saturated heterocycles. The standard InChI is InChI=1S/C21H20N4O2S2/c1-3-14-28-21-23-22-20(24(21)4-2)18-15-25(19-13-9-8-12-17(18)19)29(26,27)16-10-6-5-7-11-16/h3,5-13,15H,1,4,14H2,2H3. The fourth-order valence-corrected chi connectivity index (χ4v) is 5.37. The number of hydrogen-bond acceptors (Lipinski definition) is 5. The molecule has 4 aromatic rings. The number of aromatic nitrogens is 4. The lowest BCUT2D eigenvalue weighted by Gasteiger charge is -2.07. The molecule has 0 saturated carbocycles. The van der Waals surface area contributed by atoms with Crippen molar-refractivity contribution in [2.24, 2.45) is 0 Å². The van der Waals surface area contributed by atoms with Gasteiger partial charge in [0.1, 0.15) is 0 Å². The summed E-state index contributed by atoms with van der Waals surface area (Å²) in [6.07, 6.45) is 3.46. The molecule has 0 spiro atoms. The molecule has 0 aliphatic rings. The van der Waals surface area contributed by atoms with Crippen LogP contribution in [0.4, 0.5) is 0 Å². The van der Waals surface area contributed by atoms with Crippen molar-refractivity contribution in [1.82, 2.24) is 18.7 Å². The minimum absolute atomic E-state index is 0.242. The monoisotopic (exact) mass is 424 g/mol. The van der Waals surface area contributed by atoms with Gasteiger partial charge in [0.05, 0.1) is 10.4 Å². The third-order valence-electron chi connectivity index (χ3n) is 4.58. The lowest BCUT2D eigenvalue weighted by atomic mass is 10.1. The Morgan fingerprint density at radius 2 is 1.79 bits per heavy atom. The van der Waals surface area contributed by atoms with Crippen molar-refractivity contribution in [2.75, 3.05) is 5.75 Å². The Morgan fingerprint density at radius 3 is 2.52 bits per heavy atom. The Kier molecular flexibility index (Phi) is 5.29. The molecule has 2 heterocycles. The van der Waals surface area contributed by atoms with Gasteiger partial charge in [-0.05, 0) is 25.1 Å². The van der Waals surface area contributed by atoms with Crippen LogP contribution >= 0.6 is 11.8 Å². The second-order valence-corrected chi connectivity index (χ2v) is 9.13. The molecule has 2 aromatic carbocycles. The Morgan fingerprint density at radius 1 is 1.07 bits per heavy atom. The van der Waals surface area contributed by atoms with Crippen LogP contribution in [0, 0.1) is 0 Å². The summed E-state index contributed by atoms with van der Waals surface area (Å²) in [5, 5.41) is 10.3. The highest BCUT2D eigenvalue weighted by Gasteiger charge is 2.24. The van der Waals surface area contributed by atoms with Crippen LogP contribution in [0.15, 0.2) is 83.5 Å². The van der Waals surface area contributed by atoms with E-state index < -0.39 is 10.0 Å². The van der Waals surface area contributed by atoms with Crippen LogP contribution in [0.25, 0.3) is 22.3 Å². The first-order valence-corrected chi connectivity index (χ1v) is 11.6. The van der Waals surface area contributed by atoms with E-state index in [1.807, 2.05) is 35.8 Å². The minimum atomic E-state index is -3.74. The van der Waals surface area contributed by atoms with Crippen LogP contribution in [0.2, 0.25) is 0 Å². The lowest BCUT2D eigenvalue weighted by Crippen LogP contribution is -2.11. The third-order valence-corrected chi connectivity index (χ3v) is 7.23. The number of benzene rings is 2. The topological polar surface area (TPSA) is 69.8 Å². The summed E-state index contributed by atoms with van der Waals surface area (Å²) in [6, 6.07) is 15.9. The van der Waals surface area contributed by atoms with E-state index in [4.69, 9.17) is 0 Å². The van der Waals surface area contributed by atoms with Gasteiger partial charge >= 0.3 is 0 Å². The van der Waals surface area contributed by atoms with E-state index in [0.29, 0.717) is 17.9 Å². The van der Waals surface area contributed by atoms with E-state index in [0.717, 1.165) is 21.9 Å². The molecule has 8 heteroatoms. The molecule has 0 aliphatic carbocycles. The maximum absolute atomic E-state index is 13.3. The summed E-state index contributed by atoms with van der Waals surface area (Å²) in [5.41, 5.74) is 1.34. The van der Waals surface area contributed by atoms with Gasteiger partial charge in [-0.25, -0.2) is 12.4 Å². The van der Waals surface area contributed by atoms with Crippen LogP contribution in [0.5, 0.6) is 0 Å². The van der Waals surface area contributed by atoms with Gasteiger partial charge in [0.15, 0.2) is 11.0 Å². The normalized spacial score (nSPS) is 11.8. The number of thioether (sulfide) groups is 1. The molecular formula is C21H20N4O2S2. The molecule has 29 heavy (non-hydrogen) atoms. The van der Waals surface area contributed by atoms with Crippen LogP contribution in [0.1, 0.15) is 6.92 Å². The third kappa shape index (κ3) is 3.38. The fraction of sp³-hybridized carbons (Fsp3) is 0.143. The number of rotatable bonds is 7. The molecular weight excluding hydrogens is 404 g/mol. The first-order chi connectivity index (χ1) is 14.1. The molecule has 148 valence electrons. The second-order valence-electron chi connectivity index (χ2n) is 6.32. The van der Waals surface area contributed by atoms with E-state index in [1.54, 1.807) is 54.4 Å². The Hall–Kier alpha value is -2.84. The molecule has 0 aliphatic heterocycles. The molecule has 0 radical (unpaired) electrons. The smallest absolute Gasteiger partial charge is 0.268 e. The van der Waals surface area contributed by atoms with Gasteiger partial charge in [-0.2, -0.15) is 0 Å². The summed E-state index contributed by atoms with van der Waals surface area (Å²) in [7, 11) is -3.74. The highest BCUT2D eigenvalue weighted by molar-refractivity contribution is 7.99. The molecule has 0 fully saturated rings. The van der Waals surface area contributed by atoms with E-state index in [1.165, 1.54) is 3.97 Å². The average molecular weight is 425 g/mol. The second kappa shape index (κ2) is 7.88. The molecule has 0 amide bonds. The van der Waals surface area contributed by atoms with Crippen molar-refractivity contribution in [3.05, 3.63) is 73.4 Å². The molecule has 2 aromatic heterocycles. The van der Waals surface area contributed by atoms with Gasteiger partial charge in [-0.1, -0.05) is 54.2 Å². The summed E-state index contributed by atoms with van der Waals surface area (Å²) < 4.78 is 29.9. The molecule has 6 nitrogen and oxygen atoms in total. The number of nitrogens with zero attached hydrogens (tertiary/aromatic N) is 4. The van der Waals surface area contributed by atoms with Gasteiger partial charge in [0.2, 0.25) is 0 Å². The van der Waals surface area contributed by atoms with Crippen molar-refractivity contribution in [3.63, 3.8) is 0 Å². The summed E-state index contributed by atoms with van der Waals surface area (Å²) in [6.45, 7) is 6.44. The van der Waals surface area contributed by atoms with Crippen molar-refractivity contribution in [1.29, 1.82) is 0 Å². The highest BCUT2D eigenvalue weighted by atomic mass is 32.2. The van der Waals surface area contributed by atoms with Crippen molar-refractivity contribution < 1.29 is 8.42 Å². The largest absolute Gasteiger partial charge is 0.302 e. The predicted octanol–water partition coefficient (Wildman–Crippen LogP) is 4.43. The average Bonchev–Trinajstić information content (AvgIpc) is 3.34. The van der Waals surface area contributed by atoms with Gasteiger partial charge < -0.3 is 4.57 Å². The number of para-hydroxylation sites is 1. The quantitative estimate of drug-likeness (QED) is 0.324. The maximum atomic E-state index is 13.3. The van der Waals surface area contributed by atoms with Gasteiger partial charge in [0.25, 0.3) is 10.0 Å². The lowest BCUT2D eigenvalue weighted by molar-refractivity contribution is 0.589. The molecule has 0 N–H and O–H groups in total. The summed E-state index contributed by atoms with van der Waals surface area (Å²) in [4.78, 5) is 0.242. The maximum Gasteiger partial charge on any atom is 0.268 e. The SMILES string of the molecule is C=CCSc1nnc(-c2cn(S(=O)(=O)c3ccccc3)c3ccccc23)n1CC. The molecule has 0 unspecified atom stereocenters. The van der Waals surface area contributed by atoms with Crippen LogP contribution in [-0.2, 0) is 16.6 Å². The van der Waals surface area contributed by atoms with Crippen molar-refractivity contribution >= 4 is 32.7 Å². The highest BCUT2D eigenvalue weighted by Crippen LogP contribution is 2.33. The zero-order valence-electron chi connectivity index (χ0n) is 15.9. The molecule has 0 bridgehead atoms. The van der Waals surface area contributed by atoms with Crippen LogP contribution in [0.3, 0.4) is 0 Å². The number of hydrogen-bond donors (Lipinski definition) is 0. The van der Waals surface area contributed by atoms with Crippen molar-refractivity contribution in [3.8, 4) is 11.4 Å². The van der Waals surface area contributed by atoms with E-state index in [-0.39, 0.29) is 4.90 Å². The first kappa shape index (κ1) is 19.5. The zero-order valence-corrected chi connectivity index (χ0v) is 17.5. The zero-order chi connectivity index (χ0) is 20.4. The van der Waals surface area contributed by atoms with E-state index in [2.05, 4.69) is 16.8 Å². The molecule has 0 atom stereocenters. The van der Waals surface area contributed by atoms with E-state index in [9.17, 15) is 8.42 Å². The fourth-order valence-electron chi connectivity index (χ4n) is 3.25. The number of fused-ring (bicyclic) bond motifs is 1. The van der Waals surface area contributed by atoms with Crippen LogP contribution in [-0.4, -0.2) is 32.9 Å². The van der Waals surface area contributed by atoms with Crippen LogP contribution < -0.4 is 0 Å². The Balaban J connectivity index is 1.93. The minimum Gasteiger partial charge on any atom is -0.302 e. The van der Waals surface area contributed by atoms with Crippen molar-refractivity contribution in [2.45, 2.75) is 23.5 Å². The van der Waals surface area contributed by atoms with Gasteiger partial charge in [0, 0.05) is 29.4 Å². The molecule has 4 rings (SSSR count). The van der Waals surface area contributed by atoms with Gasteiger partial charge in [-0.15, -0.1) is 16.8 Å². The summed E-state index contributed by atoms with van der Waals surface area (Å²) >= 11 is 1.55. The predicted molar refractivity (Wildman–Crippen MR) is 117 cm³/mol. The Labute approximate surface area is 173 Å². The Bertz CT molecular complexity index is 1270. The first-order valence-electron chi connectivity index (χ1n) is 9.16.